The summed E-state index contributed by atoms with van der Waals surface area (Å²) < 4.78 is 11.2. The van der Waals surface area contributed by atoms with Gasteiger partial charge in [0.25, 0.3) is 0 Å². The molecule has 3 rings (SSSR count). The van der Waals surface area contributed by atoms with Gasteiger partial charge in [-0.3, -0.25) is 4.21 Å². The molecular weight excluding hydrogens is 292 g/mol. The summed E-state index contributed by atoms with van der Waals surface area (Å²) >= 11 is 1.48. The number of thiazole rings is 1. The second kappa shape index (κ2) is 5.56. The maximum Gasteiger partial charge on any atom is 0.239 e. The first kappa shape index (κ1) is 13.0. The molecule has 3 aromatic rings. The summed E-state index contributed by atoms with van der Waals surface area (Å²) in [6, 6.07) is 9.93. The van der Waals surface area contributed by atoms with Crippen molar-refractivity contribution in [3.63, 3.8) is 0 Å². The van der Waals surface area contributed by atoms with Crippen molar-refractivity contribution < 1.29 is 4.21 Å². The fourth-order valence-corrected chi connectivity index (χ4v) is 2.76. The fraction of sp³-hybridized carbons (Fsp3) is 0.0769. The Bertz CT molecular complexity index is 741. The predicted molar refractivity (Wildman–Crippen MR) is 78.7 cm³/mol. The molecule has 20 heavy (non-hydrogen) atoms. The van der Waals surface area contributed by atoms with E-state index in [0.29, 0.717) is 5.69 Å². The summed E-state index contributed by atoms with van der Waals surface area (Å²) in [5.41, 5.74) is 2.55. The van der Waals surface area contributed by atoms with E-state index in [1.54, 1.807) is 6.20 Å². The number of aromatic nitrogens is 4. The molecule has 0 N–H and O–H groups in total. The molecular formula is C13H10N4OS2. The van der Waals surface area contributed by atoms with Crippen LogP contribution in [0.2, 0.25) is 0 Å². The first-order valence-electron chi connectivity index (χ1n) is 5.78. The van der Waals surface area contributed by atoms with E-state index in [1.165, 1.54) is 17.6 Å². The number of nitrogens with zero attached hydrogens (tertiary/aromatic N) is 4. The summed E-state index contributed by atoms with van der Waals surface area (Å²) in [4.78, 5) is 8.55. The van der Waals surface area contributed by atoms with E-state index in [-0.39, 0.29) is 5.16 Å². The Labute approximate surface area is 122 Å². The van der Waals surface area contributed by atoms with Gasteiger partial charge >= 0.3 is 0 Å². The van der Waals surface area contributed by atoms with Gasteiger partial charge < -0.3 is 0 Å². The lowest BCUT2D eigenvalue weighted by Gasteiger charge is -1.96. The number of benzene rings is 1. The summed E-state index contributed by atoms with van der Waals surface area (Å²) in [6.45, 7) is 0. The maximum atomic E-state index is 11.2. The average Bonchev–Trinajstić information content (AvgIpc) is 2.98. The number of rotatable bonds is 3. The van der Waals surface area contributed by atoms with Gasteiger partial charge in [-0.1, -0.05) is 30.3 Å². The fourth-order valence-electron chi connectivity index (χ4n) is 1.63. The zero-order valence-corrected chi connectivity index (χ0v) is 12.2. The van der Waals surface area contributed by atoms with Gasteiger partial charge in [-0.2, -0.15) is 0 Å². The predicted octanol–water partition coefficient (Wildman–Crippen LogP) is 2.40. The van der Waals surface area contributed by atoms with E-state index in [4.69, 9.17) is 0 Å². The zero-order chi connectivity index (χ0) is 13.9. The van der Waals surface area contributed by atoms with Gasteiger partial charge in [0.05, 0.1) is 22.7 Å². The molecule has 1 atom stereocenters. The highest BCUT2D eigenvalue weighted by Gasteiger charge is 2.10. The quantitative estimate of drug-likeness (QED) is 0.743. The van der Waals surface area contributed by atoms with Crippen LogP contribution in [-0.4, -0.2) is 30.6 Å². The molecule has 7 heteroatoms. The van der Waals surface area contributed by atoms with Crippen LogP contribution in [0.3, 0.4) is 0 Å². The molecule has 1 aromatic carbocycles. The van der Waals surface area contributed by atoms with Gasteiger partial charge in [0, 0.05) is 17.2 Å². The first-order valence-corrected chi connectivity index (χ1v) is 8.22. The number of hydrogen-bond donors (Lipinski definition) is 0. The Kier molecular flexibility index (Phi) is 3.62. The normalized spacial score (nSPS) is 12.2. The van der Waals surface area contributed by atoms with Crippen LogP contribution in [0.4, 0.5) is 0 Å². The van der Waals surface area contributed by atoms with Crippen molar-refractivity contribution in [2.24, 2.45) is 0 Å². The number of hydrogen-bond acceptors (Lipinski definition) is 6. The van der Waals surface area contributed by atoms with Crippen molar-refractivity contribution in [1.29, 1.82) is 0 Å². The topological polar surface area (TPSA) is 68.6 Å². The lowest BCUT2D eigenvalue weighted by Crippen LogP contribution is -1.99. The maximum absolute atomic E-state index is 11.2. The summed E-state index contributed by atoms with van der Waals surface area (Å²) in [6.07, 6.45) is 3.07. The second-order valence-corrected chi connectivity index (χ2v) is 6.12. The molecule has 0 saturated heterocycles. The van der Waals surface area contributed by atoms with E-state index in [9.17, 15) is 4.21 Å². The van der Waals surface area contributed by atoms with Crippen molar-refractivity contribution >= 4 is 22.1 Å². The molecule has 2 heterocycles. The third kappa shape index (κ3) is 2.63. The minimum atomic E-state index is -1.22. The van der Waals surface area contributed by atoms with Crippen LogP contribution >= 0.6 is 11.3 Å². The van der Waals surface area contributed by atoms with Gasteiger partial charge in [0.2, 0.25) is 5.16 Å². The van der Waals surface area contributed by atoms with Crippen LogP contribution in [0.1, 0.15) is 0 Å². The van der Waals surface area contributed by atoms with Gasteiger partial charge in [-0.15, -0.1) is 21.5 Å². The molecule has 100 valence electrons. The van der Waals surface area contributed by atoms with E-state index < -0.39 is 10.8 Å². The van der Waals surface area contributed by atoms with E-state index in [0.717, 1.165) is 16.3 Å². The third-order valence-corrected chi connectivity index (χ3v) is 4.16. The molecule has 0 spiro atoms. The van der Waals surface area contributed by atoms with Crippen molar-refractivity contribution in [2.75, 3.05) is 6.26 Å². The van der Waals surface area contributed by atoms with Crippen LogP contribution in [0, 0.1) is 0 Å². The van der Waals surface area contributed by atoms with Crippen LogP contribution in [0.5, 0.6) is 0 Å². The molecule has 0 saturated carbocycles. The smallest absolute Gasteiger partial charge is 0.239 e. The molecule has 0 amide bonds. The lowest BCUT2D eigenvalue weighted by atomic mass is 10.2. The van der Waals surface area contributed by atoms with Crippen molar-refractivity contribution in [3.8, 4) is 22.0 Å². The third-order valence-electron chi connectivity index (χ3n) is 2.59. The van der Waals surface area contributed by atoms with E-state index in [2.05, 4.69) is 20.2 Å². The van der Waals surface area contributed by atoms with Crippen LogP contribution < -0.4 is 0 Å². The minimum absolute atomic E-state index is 0.230. The van der Waals surface area contributed by atoms with Crippen molar-refractivity contribution in [3.05, 3.63) is 41.9 Å². The Morgan fingerprint density at radius 2 is 1.90 bits per heavy atom. The van der Waals surface area contributed by atoms with Crippen LogP contribution in [0.15, 0.2) is 47.1 Å². The SMILES string of the molecule is CS(=O)c1ncc(-c2nc(-c3ccccc3)cs2)nn1. The summed E-state index contributed by atoms with van der Waals surface area (Å²) in [5.74, 6) is 0. The van der Waals surface area contributed by atoms with Gasteiger partial charge in [0.15, 0.2) is 0 Å². The zero-order valence-electron chi connectivity index (χ0n) is 10.6. The van der Waals surface area contributed by atoms with Gasteiger partial charge in [0.1, 0.15) is 10.7 Å². The first-order chi connectivity index (χ1) is 9.74. The highest BCUT2D eigenvalue weighted by atomic mass is 32.2. The average molecular weight is 302 g/mol. The molecule has 0 radical (unpaired) electrons. The molecule has 0 fully saturated rings. The standard InChI is InChI=1S/C13H10N4OS2/c1-20(18)13-14-7-10(16-17-13)12-15-11(8-19-12)9-5-3-2-4-6-9/h2-8H,1H3. The van der Waals surface area contributed by atoms with E-state index >= 15 is 0 Å². The Morgan fingerprint density at radius 1 is 1.10 bits per heavy atom. The van der Waals surface area contributed by atoms with Crippen LogP contribution in [-0.2, 0) is 10.8 Å². The largest absolute Gasteiger partial charge is 0.251 e. The Balaban J connectivity index is 1.92. The highest BCUT2D eigenvalue weighted by molar-refractivity contribution is 7.84. The molecule has 0 aliphatic rings. The molecule has 2 aromatic heterocycles. The second-order valence-electron chi connectivity index (χ2n) is 3.98. The van der Waals surface area contributed by atoms with Crippen LogP contribution in [0.25, 0.3) is 22.0 Å². The summed E-state index contributed by atoms with van der Waals surface area (Å²) in [5, 5.41) is 10.8. The Morgan fingerprint density at radius 3 is 2.55 bits per heavy atom. The van der Waals surface area contributed by atoms with Crippen molar-refractivity contribution in [1.82, 2.24) is 20.2 Å². The summed E-state index contributed by atoms with van der Waals surface area (Å²) in [7, 11) is -1.22. The van der Waals surface area contributed by atoms with Crippen molar-refractivity contribution in [2.45, 2.75) is 5.16 Å². The monoisotopic (exact) mass is 302 g/mol. The lowest BCUT2D eigenvalue weighted by molar-refractivity contribution is 0.675. The highest BCUT2D eigenvalue weighted by Crippen LogP contribution is 2.26. The Hall–Kier alpha value is -1.99. The molecule has 0 aliphatic carbocycles. The minimum Gasteiger partial charge on any atom is -0.251 e. The van der Waals surface area contributed by atoms with E-state index in [1.807, 2.05) is 35.7 Å². The molecule has 5 nitrogen and oxygen atoms in total. The van der Waals surface area contributed by atoms with Gasteiger partial charge in [-0.25, -0.2) is 9.97 Å². The molecule has 1 unspecified atom stereocenters. The molecule has 0 bridgehead atoms. The molecule has 0 aliphatic heterocycles. The van der Waals surface area contributed by atoms with Gasteiger partial charge in [-0.05, 0) is 0 Å².